The Morgan fingerprint density at radius 1 is 1.50 bits per heavy atom. The summed E-state index contributed by atoms with van der Waals surface area (Å²) in [6.07, 6.45) is 3.68. The summed E-state index contributed by atoms with van der Waals surface area (Å²) in [5.74, 6) is 0.704. The summed E-state index contributed by atoms with van der Waals surface area (Å²) in [4.78, 5) is 13.4. The first-order chi connectivity index (χ1) is 6.72. The van der Waals surface area contributed by atoms with E-state index in [0.29, 0.717) is 12.5 Å². The molecule has 4 N–H and O–H groups in total. The lowest BCUT2D eigenvalue weighted by Crippen LogP contribution is -2.38. The van der Waals surface area contributed by atoms with Crippen LogP contribution in [0.3, 0.4) is 0 Å². The zero-order valence-electron chi connectivity index (χ0n) is 8.54. The topological polar surface area (TPSA) is 72.4 Å². The van der Waals surface area contributed by atoms with Gasteiger partial charge in [-0.1, -0.05) is 6.42 Å². The molecule has 2 aliphatic rings. The van der Waals surface area contributed by atoms with Crippen molar-refractivity contribution in [1.82, 2.24) is 4.90 Å². The number of likely N-dealkylation sites (tertiary alicyclic amines) is 1. The highest BCUT2D eigenvalue weighted by molar-refractivity contribution is 5.78. The van der Waals surface area contributed by atoms with Gasteiger partial charge in [-0.2, -0.15) is 0 Å². The van der Waals surface area contributed by atoms with Crippen LogP contribution in [-0.4, -0.2) is 37.0 Å². The van der Waals surface area contributed by atoms with Gasteiger partial charge < -0.3 is 16.4 Å². The van der Waals surface area contributed by atoms with Crippen molar-refractivity contribution in [3.63, 3.8) is 0 Å². The van der Waals surface area contributed by atoms with Crippen LogP contribution in [0, 0.1) is 11.3 Å². The third kappa shape index (κ3) is 1.33. The zero-order chi connectivity index (χ0) is 10.2. The van der Waals surface area contributed by atoms with E-state index in [1.807, 2.05) is 4.90 Å². The van der Waals surface area contributed by atoms with Gasteiger partial charge in [-0.3, -0.25) is 4.79 Å². The molecule has 2 fully saturated rings. The first kappa shape index (κ1) is 9.93. The number of hydrogen-bond acceptors (Lipinski definition) is 3. The van der Waals surface area contributed by atoms with E-state index in [1.165, 1.54) is 19.3 Å². The van der Waals surface area contributed by atoms with Gasteiger partial charge in [0.05, 0.1) is 6.54 Å². The Labute approximate surface area is 84.6 Å². The summed E-state index contributed by atoms with van der Waals surface area (Å²) in [7, 11) is 0. The molecule has 0 radical (unpaired) electrons. The molecule has 2 unspecified atom stereocenters. The van der Waals surface area contributed by atoms with Crippen molar-refractivity contribution in [2.24, 2.45) is 22.8 Å². The number of rotatable bonds is 2. The third-order valence-electron chi connectivity index (χ3n) is 3.97. The maximum absolute atomic E-state index is 11.5. The Hall–Kier alpha value is -0.610. The van der Waals surface area contributed by atoms with Crippen molar-refractivity contribution in [3.8, 4) is 0 Å². The number of hydrogen-bond donors (Lipinski definition) is 2. The average Bonchev–Trinajstić information content (AvgIpc) is 2.72. The predicted molar refractivity (Wildman–Crippen MR) is 54.5 cm³/mol. The van der Waals surface area contributed by atoms with Crippen LogP contribution in [0.4, 0.5) is 0 Å². The second-order valence-corrected chi connectivity index (χ2v) is 4.63. The first-order valence-electron chi connectivity index (χ1n) is 5.40. The molecule has 14 heavy (non-hydrogen) atoms. The molecule has 4 nitrogen and oxygen atoms in total. The Bertz CT molecular complexity index is 244. The van der Waals surface area contributed by atoms with Gasteiger partial charge >= 0.3 is 0 Å². The molecule has 1 saturated heterocycles. The fraction of sp³-hybridized carbons (Fsp3) is 0.900. The highest BCUT2D eigenvalue weighted by Crippen LogP contribution is 2.47. The minimum atomic E-state index is 0.0761. The highest BCUT2D eigenvalue weighted by atomic mass is 16.2. The SMILES string of the molecule is NCC(=O)N1CC2CCCC2(CN)C1. The summed E-state index contributed by atoms with van der Waals surface area (Å²) >= 11 is 0. The van der Waals surface area contributed by atoms with E-state index in [-0.39, 0.29) is 17.9 Å². The van der Waals surface area contributed by atoms with Gasteiger partial charge in [0.1, 0.15) is 0 Å². The fourth-order valence-electron chi connectivity index (χ4n) is 3.07. The standard InChI is InChI=1S/C10H19N3O/c11-4-9(14)13-5-8-2-1-3-10(8,6-12)7-13/h8H,1-7,11-12H2. The normalized spacial score (nSPS) is 36.1. The van der Waals surface area contributed by atoms with E-state index in [2.05, 4.69) is 0 Å². The molecule has 4 heteroatoms. The lowest BCUT2D eigenvalue weighted by Gasteiger charge is -2.26. The van der Waals surface area contributed by atoms with Crippen LogP contribution in [0.25, 0.3) is 0 Å². The van der Waals surface area contributed by atoms with Gasteiger partial charge in [0.2, 0.25) is 5.91 Å². The second-order valence-electron chi connectivity index (χ2n) is 4.63. The smallest absolute Gasteiger partial charge is 0.236 e. The molecule has 1 heterocycles. The summed E-state index contributed by atoms with van der Waals surface area (Å²) < 4.78 is 0. The van der Waals surface area contributed by atoms with E-state index in [1.54, 1.807) is 0 Å². The summed E-state index contributed by atoms with van der Waals surface area (Å²) in [5, 5.41) is 0. The monoisotopic (exact) mass is 197 g/mol. The van der Waals surface area contributed by atoms with Gasteiger partial charge in [-0.15, -0.1) is 0 Å². The van der Waals surface area contributed by atoms with Crippen LogP contribution in [0.5, 0.6) is 0 Å². The highest BCUT2D eigenvalue weighted by Gasteiger charge is 2.49. The number of nitrogens with zero attached hydrogens (tertiary/aromatic N) is 1. The van der Waals surface area contributed by atoms with Gasteiger partial charge in [-0.25, -0.2) is 0 Å². The number of carbonyl (C=O) groups excluding carboxylic acids is 1. The van der Waals surface area contributed by atoms with Crippen molar-refractivity contribution in [2.75, 3.05) is 26.2 Å². The van der Waals surface area contributed by atoms with E-state index >= 15 is 0 Å². The molecular weight excluding hydrogens is 178 g/mol. The summed E-state index contributed by atoms with van der Waals surface area (Å²) in [6.45, 7) is 2.57. The molecule has 2 rings (SSSR count). The summed E-state index contributed by atoms with van der Waals surface area (Å²) in [5.41, 5.74) is 11.4. The van der Waals surface area contributed by atoms with Crippen molar-refractivity contribution in [3.05, 3.63) is 0 Å². The molecule has 0 spiro atoms. The van der Waals surface area contributed by atoms with Crippen LogP contribution in [0.2, 0.25) is 0 Å². The molecule has 80 valence electrons. The predicted octanol–water partition coefficient (Wildman–Crippen LogP) is -0.467. The van der Waals surface area contributed by atoms with E-state index in [9.17, 15) is 4.79 Å². The number of fused-ring (bicyclic) bond motifs is 1. The minimum Gasteiger partial charge on any atom is -0.341 e. The van der Waals surface area contributed by atoms with Crippen molar-refractivity contribution >= 4 is 5.91 Å². The molecule has 0 aromatic rings. The van der Waals surface area contributed by atoms with Gasteiger partial charge in [0.15, 0.2) is 0 Å². The molecule has 1 saturated carbocycles. The Balaban J connectivity index is 2.08. The average molecular weight is 197 g/mol. The van der Waals surface area contributed by atoms with Gasteiger partial charge in [0.25, 0.3) is 0 Å². The third-order valence-corrected chi connectivity index (χ3v) is 3.97. The second kappa shape index (κ2) is 3.51. The minimum absolute atomic E-state index is 0.0761. The van der Waals surface area contributed by atoms with Crippen LogP contribution in [-0.2, 0) is 4.79 Å². The number of amides is 1. The molecule has 1 amide bonds. The van der Waals surface area contributed by atoms with E-state index in [0.717, 1.165) is 13.1 Å². The van der Waals surface area contributed by atoms with Gasteiger partial charge in [0, 0.05) is 18.5 Å². The quantitative estimate of drug-likeness (QED) is 0.629. The first-order valence-corrected chi connectivity index (χ1v) is 5.40. The van der Waals surface area contributed by atoms with Crippen molar-refractivity contribution in [1.29, 1.82) is 0 Å². The molecule has 2 atom stereocenters. The molecule has 0 aromatic carbocycles. The lowest BCUT2D eigenvalue weighted by atomic mass is 9.81. The summed E-state index contributed by atoms with van der Waals surface area (Å²) in [6, 6.07) is 0. The van der Waals surface area contributed by atoms with Gasteiger partial charge in [-0.05, 0) is 25.3 Å². The van der Waals surface area contributed by atoms with Crippen LogP contribution in [0.1, 0.15) is 19.3 Å². The molecule has 0 bridgehead atoms. The zero-order valence-corrected chi connectivity index (χ0v) is 8.54. The maximum atomic E-state index is 11.5. The Morgan fingerprint density at radius 3 is 2.86 bits per heavy atom. The van der Waals surface area contributed by atoms with Crippen molar-refractivity contribution < 1.29 is 4.79 Å². The lowest BCUT2D eigenvalue weighted by molar-refractivity contribution is -0.129. The van der Waals surface area contributed by atoms with E-state index < -0.39 is 0 Å². The van der Waals surface area contributed by atoms with Crippen LogP contribution in [0.15, 0.2) is 0 Å². The number of nitrogens with two attached hydrogens (primary N) is 2. The fourth-order valence-corrected chi connectivity index (χ4v) is 3.07. The Kier molecular flexibility index (Phi) is 2.49. The van der Waals surface area contributed by atoms with Crippen molar-refractivity contribution in [2.45, 2.75) is 19.3 Å². The maximum Gasteiger partial charge on any atom is 0.236 e. The van der Waals surface area contributed by atoms with Crippen LogP contribution < -0.4 is 11.5 Å². The van der Waals surface area contributed by atoms with E-state index in [4.69, 9.17) is 11.5 Å². The largest absolute Gasteiger partial charge is 0.341 e. The molecule has 1 aliphatic heterocycles. The molecule has 0 aromatic heterocycles. The Morgan fingerprint density at radius 2 is 2.29 bits per heavy atom. The number of carbonyl (C=O) groups is 1. The van der Waals surface area contributed by atoms with Crippen LogP contribution >= 0.6 is 0 Å². The molecule has 1 aliphatic carbocycles. The molecular formula is C10H19N3O.